The van der Waals surface area contributed by atoms with E-state index in [9.17, 15) is 18.3 Å². The first-order chi connectivity index (χ1) is 7.78. The Morgan fingerprint density at radius 3 is 2.29 bits per heavy atom. The minimum Gasteiger partial charge on any atom is -0.406 e. The maximum Gasteiger partial charge on any atom is 0.573 e. The van der Waals surface area contributed by atoms with Gasteiger partial charge in [-0.25, -0.2) is 0 Å². The Balaban J connectivity index is 2.71. The van der Waals surface area contributed by atoms with E-state index in [2.05, 4.69) is 11.3 Å². The lowest BCUT2D eigenvalue weighted by Crippen LogP contribution is -2.17. The standard InChI is InChI=1S/C12H13F3O2/c1-8(2)7-11(16)9-3-5-10(6-4-9)17-12(13,14)15/h3-6,11,16H,1,7H2,2H3. The van der Waals surface area contributed by atoms with E-state index in [1.807, 2.05) is 0 Å². The van der Waals surface area contributed by atoms with Gasteiger partial charge in [-0.2, -0.15) is 0 Å². The summed E-state index contributed by atoms with van der Waals surface area (Å²) in [7, 11) is 0. The molecule has 94 valence electrons. The van der Waals surface area contributed by atoms with Gasteiger partial charge in [-0.15, -0.1) is 19.8 Å². The van der Waals surface area contributed by atoms with Gasteiger partial charge in [0.05, 0.1) is 6.10 Å². The topological polar surface area (TPSA) is 29.5 Å². The predicted molar refractivity (Wildman–Crippen MR) is 57.5 cm³/mol. The minimum atomic E-state index is -4.70. The van der Waals surface area contributed by atoms with Crippen LogP contribution in [0.5, 0.6) is 5.75 Å². The van der Waals surface area contributed by atoms with Crippen LogP contribution in [-0.2, 0) is 0 Å². The zero-order valence-corrected chi connectivity index (χ0v) is 9.29. The highest BCUT2D eigenvalue weighted by Crippen LogP contribution is 2.26. The number of aliphatic hydroxyl groups is 1. The first-order valence-corrected chi connectivity index (χ1v) is 4.96. The van der Waals surface area contributed by atoms with Crippen LogP contribution in [0.25, 0.3) is 0 Å². The van der Waals surface area contributed by atoms with Gasteiger partial charge >= 0.3 is 6.36 Å². The lowest BCUT2D eigenvalue weighted by atomic mass is 10.0. The van der Waals surface area contributed by atoms with Gasteiger partial charge in [-0.1, -0.05) is 17.7 Å². The molecule has 0 aliphatic heterocycles. The van der Waals surface area contributed by atoms with Crippen LogP contribution >= 0.6 is 0 Å². The molecule has 0 spiro atoms. The summed E-state index contributed by atoms with van der Waals surface area (Å²) in [5.41, 5.74) is 1.33. The number of aliphatic hydroxyl groups excluding tert-OH is 1. The highest BCUT2D eigenvalue weighted by molar-refractivity contribution is 5.29. The summed E-state index contributed by atoms with van der Waals surface area (Å²) in [4.78, 5) is 0. The van der Waals surface area contributed by atoms with E-state index in [1.165, 1.54) is 24.3 Å². The van der Waals surface area contributed by atoms with Crippen LogP contribution < -0.4 is 4.74 Å². The molecule has 0 fully saturated rings. The van der Waals surface area contributed by atoms with Crippen molar-refractivity contribution >= 4 is 0 Å². The first-order valence-electron chi connectivity index (χ1n) is 4.96. The lowest BCUT2D eigenvalue weighted by molar-refractivity contribution is -0.274. The van der Waals surface area contributed by atoms with Crippen LogP contribution in [0.2, 0.25) is 0 Å². The zero-order valence-electron chi connectivity index (χ0n) is 9.29. The van der Waals surface area contributed by atoms with Gasteiger partial charge in [0.1, 0.15) is 5.75 Å². The molecule has 1 aromatic carbocycles. The predicted octanol–water partition coefficient (Wildman–Crippen LogP) is 3.58. The molecule has 0 amide bonds. The van der Waals surface area contributed by atoms with E-state index in [0.717, 1.165) is 5.57 Å². The van der Waals surface area contributed by atoms with Gasteiger partial charge in [0.15, 0.2) is 0 Å². The molecule has 1 aromatic rings. The molecule has 0 radical (unpaired) electrons. The highest BCUT2D eigenvalue weighted by Gasteiger charge is 2.31. The molecule has 0 aliphatic carbocycles. The van der Waals surface area contributed by atoms with Crippen molar-refractivity contribution in [2.24, 2.45) is 0 Å². The number of hydrogen-bond donors (Lipinski definition) is 1. The molecule has 1 atom stereocenters. The second-order valence-electron chi connectivity index (χ2n) is 3.79. The zero-order chi connectivity index (χ0) is 13.1. The monoisotopic (exact) mass is 246 g/mol. The van der Waals surface area contributed by atoms with Gasteiger partial charge in [-0.05, 0) is 31.0 Å². The van der Waals surface area contributed by atoms with Crippen LogP contribution in [0.4, 0.5) is 13.2 Å². The third-order valence-corrected chi connectivity index (χ3v) is 2.04. The number of hydrogen-bond acceptors (Lipinski definition) is 2. The van der Waals surface area contributed by atoms with E-state index >= 15 is 0 Å². The number of halogens is 3. The lowest BCUT2D eigenvalue weighted by Gasteiger charge is -2.12. The van der Waals surface area contributed by atoms with Gasteiger partial charge < -0.3 is 9.84 Å². The fourth-order valence-corrected chi connectivity index (χ4v) is 1.34. The fourth-order valence-electron chi connectivity index (χ4n) is 1.34. The molecule has 1 rings (SSSR count). The van der Waals surface area contributed by atoms with E-state index in [0.29, 0.717) is 12.0 Å². The van der Waals surface area contributed by atoms with Crippen molar-refractivity contribution in [2.45, 2.75) is 25.8 Å². The Hall–Kier alpha value is -1.49. The quantitative estimate of drug-likeness (QED) is 0.823. The van der Waals surface area contributed by atoms with Crippen LogP contribution in [0, 0.1) is 0 Å². The summed E-state index contributed by atoms with van der Waals surface area (Å²) in [5, 5.41) is 9.69. The van der Waals surface area contributed by atoms with E-state index < -0.39 is 12.5 Å². The third-order valence-electron chi connectivity index (χ3n) is 2.04. The Kier molecular flexibility index (Phi) is 4.17. The third kappa shape index (κ3) is 4.91. The average Bonchev–Trinajstić information content (AvgIpc) is 2.15. The molecule has 1 N–H and O–H groups in total. The van der Waals surface area contributed by atoms with E-state index in [-0.39, 0.29) is 5.75 Å². The maximum atomic E-state index is 11.9. The van der Waals surface area contributed by atoms with Crippen molar-refractivity contribution < 1.29 is 23.0 Å². The second-order valence-corrected chi connectivity index (χ2v) is 3.79. The maximum absolute atomic E-state index is 11.9. The van der Waals surface area contributed by atoms with Crippen LogP contribution in [0.3, 0.4) is 0 Å². The smallest absolute Gasteiger partial charge is 0.406 e. The van der Waals surface area contributed by atoms with Crippen molar-refractivity contribution in [1.29, 1.82) is 0 Å². The first kappa shape index (κ1) is 13.6. The number of benzene rings is 1. The Morgan fingerprint density at radius 2 is 1.88 bits per heavy atom. The Labute approximate surface area is 97.3 Å². The highest BCUT2D eigenvalue weighted by atomic mass is 19.4. The molecule has 1 unspecified atom stereocenters. The Morgan fingerprint density at radius 1 is 1.35 bits per heavy atom. The van der Waals surface area contributed by atoms with Crippen LogP contribution in [-0.4, -0.2) is 11.5 Å². The molecule has 17 heavy (non-hydrogen) atoms. The minimum absolute atomic E-state index is 0.302. The fraction of sp³-hybridized carbons (Fsp3) is 0.333. The summed E-state index contributed by atoms with van der Waals surface area (Å²) in [6.45, 7) is 5.42. The molecule has 2 nitrogen and oxygen atoms in total. The van der Waals surface area contributed by atoms with E-state index in [4.69, 9.17) is 0 Å². The van der Waals surface area contributed by atoms with E-state index in [1.54, 1.807) is 6.92 Å². The van der Waals surface area contributed by atoms with Crippen molar-refractivity contribution in [3.8, 4) is 5.75 Å². The largest absolute Gasteiger partial charge is 0.573 e. The number of alkyl halides is 3. The molecule has 0 saturated heterocycles. The Bertz CT molecular complexity index is 382. The molecule has 5 heteroatoms. The van der Waals surface area contributed by atoms with Gasteiger partial charge in [0.25, 0.3) is 0 Å². The summed E-state index contributed by atoms with van der Waals surface area (Å²) in [6.07, 6.45) is -5.08. The molecular formula is C12H13F3O2. The average molecular weight is 246 g/mol. The molecule has 0 aliphatic rings. The van der Waals surface area contributed by atoms with Gasteiger partial charge in [0.2, 0.25) is 0 Å². The van der Waals surface area contributed by atoms with Crippen LogP contribution in [0.1, 0.15) is 25.0 Å². The molecule has 0 heterocycles. The molecule has 0 aromatic heterocycles. The molecular weight excluding hydrogens is 233 g/mol. The summed E-state index contributed by atoms with van der Waals surface area (Å²) >= 11 is 0. The van der Waals surface area contributed by atoms with Crippen molar-refractivity contribution in [2.75, 3.05) is 0 Å². The van der Waals surface area contributed by atoms with Gasteiger partial charge in [-0.3, -0.25) is 0 Å². The summed E-state index contributed by atoms with van der Waals surface area (Å²) in [5.74, 6) is -0.302. The second kappa shape index (κ2) is 5.23. The van der Waals surface area contributed by atoms with Crippen molar-refractivity contribution in [1.82, 2.24) is 0 Å². The number of ether oxygens (including phenoxy) is 1. The van der Waals surface area contributed by atoms with Crippen molar-refractivity contribution in [3.05, 3.63) is 42.0 Å². The SMILES string of the molecule is C=C(C)CC(O)c1ccc(OC(F)(F)F)cc1. The van der Waals surface area contributed by atoms with Crippen LogP contribution in [0.15, 0.2) is 36.4 Å². The normalized spacial score (nSPS) is 13.2. The molecule has 0 bridgehead atoms. The van der Waals surface area contributed by atoms with Crippen molar-refractivity contribution in [3.63, 3.8) is 0 Å². The number of rotatable bonds is 4. The van der Waals surface area contributed by atoms with Gasteiger partial charge in [0, 0.05) is 0 Å². The summed E-state index contributed by atoms with van der Waals surface area (Å²) < 4.78 is 39.4. The molecule has 0 saturated carbocycles. The summed E-state index contributed by atoms with van der Waals surface area (Å²) in [6, 6.07) is 5.14.